The molecule has 0 saturated heterocycles. The van der Waals surface area contributed by atoms with Crippen LogP contribution in [0.4, 0.5) is 0 Å². The lowest BCUT2D eigenvalue weighted by atomic mass is 9.80. The minimum absolute atomic E-state index is 0.197. The third-order valence-electron chi connectivity index (χ3n) is 2.62. The molecule has 1 aliphatic rings. The van der Waals surface area contributed by atoms with Gasteiger partial charge in [-0.05, 0) is 22.8 Å². The van der Waals surface area contributed by atoms with Crippen molar-refractivity contribution in [3.8, 4) is 28.0 Å². The van der Waals surface area contributed by atoms with Gasteiger partial charge >= 0.3 is 0 Å². The monoisotopic (exact) mass is 202 g/mol. The summed E-state index contributed by atoms with van der Waals surface area (Å²) >= 11 is 5.84. The molecule has 1 aliphatic carbocycles. The molecule has 0 spiro atoms. The topological polar surface area (TPSA) is 20.2 Å². The summed E-state index contributed by atoms with van der Waals surface area (Å²) in [6.45, 7) is 0. The Morgan fingerprint density at radius 2 is 1.57 bits per heavy atom. The van der Waals surface area contributed by atoms with Crippen LogP contribution < -0.4 is 0 Å². The molecule has 2 aromatic carbocycles. The van der Waals surface area contributed by atoms with E-state index < -0.39 is 0 Å². The maximum Gasteiger partial charge on any atom is 0.142 e. The van der Waals surface area contributed by atoms with E-state index in [9.17, 15) is 5.11 Å². The second kappa shape index (κ2) is 2.52. The predicted molar refractivity (Wildman–Crippen MR) is 57.5 cm³/mol. The van der Waals surface area contributed by atoms with Gasteiger partial charge in [-0.2, -0.15) is 0 Å². The largest absolute Gasteiger partial charge is 0.506 e. The van der Waals surface area contributed by atoms with Crippen molar-refractivity contribution in [2.24, 2.45) is 0 Å². The van der Waals surface area contributed by atoms with Crippen LogP contribution in [0.15, 0.2) is 36.4 Å². The van der Waals surface area contributed by atoms with Crippen LogP contribution >= 0.6 is 11.6 Å². The molecule has 0 aromatic heterocycles. The maximum atomic E-state index is 9.75. The molecule has 68 valence electrons. The van der Waals surface area contributed by atoms with E-state index in [1.807, 2.05) is 30.3 Å². The summed E-state index contributed by atoms with van der Waals surface area (Å²) < 4.78 is 0. The first-order valence-electron chi connectivity index (χ1n) is 4.40. The van der Waals surface area contributed by atoms with Gasteiger partial charge in [0.25, 0.3) is 0 Å². The first kappa shape index (κ1) is 7.89. The van der Waals surface area contributed by atoms with E-state index >= 15 is 0 Å². The molecular formula is C12H7ClO. The van der Waals surface area contributed by atoms with Crippen LogP contribution in [0.25, 0.3) is 22.3 Å². The fourth-order valence-corrected chi connectivity index (χ4v) is 2.09. The Morgan fingerprint density at radius 3 is 2.36 bits per heavy atom. The number of hydrogen-bond donors (Lipinski definition) is 1. The smallest absolute Gasteiger partial charge is 0.142 e. The van der Waals surface area contributed by atoms with Crippen LogP contribution in [-0.2, 0) is 0 Å². The van der Waals surface area contributed by atoms with Crippen LogP contribution in [-0.4, -0.2) is 5.11 Å². The van der Waals surface area contributed by atoms with Crippen LogP contribution in [0.2, 0.25) is 5.02 Å². The summed E-state index contributed by atoms with van der Waals surface area (Å²) in [5.41, 5.74) is 4.24. The van der Waals surface area contributed by atoms with Crippen molar-refractivity contribution in [1.82, 2.24) is 0 Å². The van der Waals surface area contributed by atoms with Gasteiger partial charge in [0.2, 0.25) is 0 Å². The number of phenolic OH excluding ortho intramolecular Hbond substituents is 1. The van der Waals surface area contributed by atoms with Crippen molar-refractivity contribution in [2.75, 3.05) is 0 Å². The van der Waals surface area contributed by atoms with Crippen molar-refractivity contribution in [1.29, 1.82) is 0 Å². The van der Waals surface area contributed by atoms with Gasteiger partial charge in [-0.1, -0.05) is 41.9 Å². The fourth-order valence-electron chi connectivity index (χ4n) is 1.94. The molecule has 1 nitrogen and oxygen atoms in total. The molecule has 0 aliphatic heterocycles. The van der Waals surface area contributed by atoms with Gasteiger partial charge in [0.15, 0.2) is 0 Å². The Kier molecular flexibility index (Phi) is 1.42. The SMILES string of the molecule is Oc1c(Cl)ccc2c1-c1ccccc1-2. The van der Waals surface area contributed by atoms with Gasteiger partial charge in [-0.15, -0.1) is 0 Å². The molecule has 2 aromatic rings. The average molecular weight is 203 g/mol. The number of rotatable bonds is 0. The maximum absolute atomic E-state index is 9.75. The molecule has 0 atom stereocenters. The molecule has 0 fully saturated rings. The first-order chi connectivity index (χ1) is 6.79. The van der Waals surface area contributed by atoms with E-state index in [0.29, 0.717) is 5.02 Å². The summed E-state index contributed by atoms with van der Waals surface area (Å²) in [5.74, 6) is 0.197. The summed E-state index contributed by atoms with van der Waals surface area (Å²) in [4.78, 5) is 0. The normalized spacial score (nSPS) is 11.5. The molecule has 0 unspecified atom stereocenters. The number of halogens is 1. The standard InChI is InChI=1S/C12H7ClO/c13-10-6-5-9-7-3-1-2-4-8(7)11(9)12(10)14/h1-6,14H. The molecule has 2 heteroatoms. The first-order valence-corrected chi connectivity index (χ1v) is 4.78. The quantitative estimate of drug-likeness (QED) is 0.590. The molecular weight excluding hydrogens is 196 g/mol. The Hall–Kier alpha value is -1.47. The number of benzene rings is 2. The van der Waals surface area contributed by atoms with E-state index in [-0.39, 0.29) is 5.75 Å². The second-order valence-corrected chi connectivity index (χ2v) is 3.77. The Morgan fingerprint density at radius 1 is 0.857 bits per heavy atom. The zero-order valence-corrected chi connectivity index (χ0v) is 8.05. The third kappa shape index (κ3) is 0.802. The summed E-state index contributed by atoms with van der Waals surface area (Å²) in [6, 6.07) is 11.7. The number of aromatic hydroxyl groups is 1. The van der Waals surface area contributed by atoms with E-state index in [1.54, 1.807) is 6.07 Å². The van der Waals surface area contributed by atoms with Gasteiger partial charge in [-0.25, -0.2) is 0 Å². The van der Waals surface area contributed by atoms with E-state index in [0.717, 1.165) is 16.7 Å². The number of phenols is 1. The molecule has 0 radical (unpaired) electrons. The Bertz CT molecular complexity index is 532. The predicted octanol–water partition coefficient (Wildman–Crippen LogP) is 3.69. The van der Waals surface area contributed by atoms with Crippen LogP contribution in [0, 0.1) is 0 Å². The van der Waals surface area contributed by atoms with Gasteiger partial charge in [0.05, 0.1) is 5.02 Å². The zero-order chi connectivity index (χ0) is 9.71. The molecule has 0 amide bonds. The van der Waals surface area contributed by atoms with Crippen LogP contribution in [0.1, 0.15) is 0 Å². The van der Waals surface area contributed by atoms with Gasteiger partial charge in [0.1, 0.15) is 5.75 Å². The van der Waals surface area contributed by atoms with Crippen molar-refractivity contribution in [3.63, 3.8) is 0 Å². The van der Waals surface area contributed by atoms with Crippen molar-refractivity contribution in [2.45, 2.75) is 0 Å². The highest BCUT2D eigenvalue weighted by Gasteiger charge is 2.25. The minimum atomic E-state index is 0.197. The second-order valence-electron chi connectivity index (χ2n) is 3.36. The average Bonchev–Trinajstić information content (AvgIpc) is 2.18. The number of hydrogen-bond acceptors (Lipinski definition) is 1. The highest BCUT2D eigenvalue weighted by atomic mass is 35.5. The fraction of sp³-hybridized carbons (Fsp3) is 0. The highest BCUT2D eigenvalue weighted by Crippen LogP contribution is 2.53. The van der Waals surface area contributed by atoms with Crippen molar-refractivity contribution in [3.05, 3.63) is 41.4 Å². The van der Waals surface area contributed by atoms with Gasteiger partial charge in [0, 0.05) is 5.56 Å². The highest BCUT2D eigenvalue weighted by molar-refractivity contribution is 6.33. The molecule has 1 N–H and O–H groups in total. The van der Waals surface area contributed by atoms with Crippen molar-refractivity contribution < 1.29 is 5.11 Å². The minimum Gasteiger partial charge on any atom is -0.506 e. The van der Waals surface area contributed by atoms with Crippen LogP contribution in [0.3, 0.4) is 0 Å². The Balaban J connectivity index is 2.34. The Labute approximate surface area is 86.6 Å². The van der Waals surface area contributed by atoms with Gasteiger partial charge < -0.3 is 5.11 Å². The molecule has 14 heavy (non-hydrogen) atoms. The molecule has 0 heterocycles. The molecule has 0 saturated carbocycles. The lowest BCUT2D eigenvalue weighted by Gasteiger charge is -2.24. The summed E-state index contributed by atoms with van der Waals surface area (Å²) in [7, 11) is 0. The number of fused-ring (bicyclic) bond motifs is 4. The van der Waals surface area contributed by atoms with Gasteiger partial charge in [-0.3, -0.25) is 0 Å². The summed E-state index contributed by atoms with van der Waals surface area (Å²) in [5, 5.41) is 10.2. The molecule has 3 rings (SSSR count). The van der Waals surface area contributed by atoms with Crippen molar-refractivity contribution >= 4 is 11.6 Å². The lowest BCUT2D eigenvalue weighted by molar-refractivity contribution is 0.477. The van der Waals surface area contributed by atoms with Crippen LogP contribution in [0.5, 0.6) is 5.75 Å². The zero-order valence-electron chi connectivity index (χ0n) is 7.29. The lowest BCUT2D eigenvalue weighted by Crippen LogP contribution is -1.98. The summed E-state index contributed by atoms with van der Waals surface area (Å²) in [6.07, 6.45) is 0. The molecule has 0 bridgehead atoms. The van der Waals surface area contributed by atoms with E-state index in [2.05, 4.69) is 0 Å². The van der Waals surface area contributed by atoms with E-state index in [4.69, 9.17) is 11.6 Å². The third-order valence-corrected chi connectivity index (χ3v) is 2.92. The van der Waals surface area contributed by atoms with E-state index in [1.165, 1.54) is 5.56 Å².